The fourth-order valence-electron chi connectivity index (χ4n) is 4.46. The summed E-state index contributed by atoms with van der Waals surface area (Å²) in [6.07, 6.45) is 0. The predicted molar refractivity (Wildman–Crippen MR) is 154 cm³/mol. The summed E-state index contributed by atoms with van der Waals surface area (Å²) in [5, 5.41) is 8.52. The van der Waals surface area contributed by atoms with Gasteiger partial charge in [-0.3, -0.25) is 9.36 Å². The molecule has 0 saturated carbocycles. The van der Waals surface area contributed by atoms with Crippen LogP contribution in [0, 0.1) is 11.6 Å². The molecule has 0 radical (unpaired) electrons. The molecule has 0 aliphatic carbocycles. The molecule has 0 atom stereocenters. The molecular formula is C28H27F2N7O2S. The first-order valence-corrected chi connectivity index (χ1v) is 13.1. The molecule has 0 saturated heterocycles. The molecule has 12 heteroatoms. The third-order valence-electron chi connectivity index (χ3n) is 6.42. The Balaban J connectivity index is 1.88. The minimum atomic E-state index is -0.795. The average Bonchev–Trinajstić information content (AvgIpc) is 3.27. The number of hydrogen-bond acceptors (Lipinski definition) is 8. The van der Waals surface area contributed by atoms with Gasteiger partial charge in [-0.25, -0.2) is 18.1 Å². The van der Waals surface area contributed by atoms with Gasteiger partial charge in [0.15, 0.2) is 11.6 Å². The Bertz CT molecular complexity index is 1810. The molecule has 0 aliphatic heterocycles. The van der Waals surface area contributed by atoms with Gasteiger partial charge in [0, 0.05) is 36.8 Å². The van der Waals surface area contributed by atoms with Crippen LogP contribution in [-0.4, -0.2) is 52.4 Å². The lowest BCUT2D eigenvalue weighted by atomic mass is 10.1. The standard InChI is InChI=1S/C28H27F2N7O2S/c1-34(2)14-19-24-26(38)37(23-13-12-22(32-33-23)35(3)4)28(39)36(15-18-20(29)6-5-7-21(18)30)27(24)40-25(19)16-8-10-17(31)11-9-16/h5-13H,14-15,31H2,1-4H3. The number of nitrogens with two attached hydrogens (primary N) is 1. The number of halogens is 2. The number of fused-ring (bicyclic) bond motifs is 1. The number of hydrogen-bond donors (Lipinski definition) is 1. The maximum atomic E-state index is 14.8. The van der Waals surface area contributed by atoms with Gasteiger partial charge in [0.05, 0.1) is 11.9 Å². The molecule has 5 aromatic rings. The van der Waals surface area contributed by atoms with Crippen molar-refractivity contribution in [3.63, 3.8) is 0 Å². The number of anilines is 2. The van der Waals surface area contributed by atoms with Gasteiger partial charge < -0.3 is 15.5 Å². The highest BCUT2D eigenvalue weighted by molar-refractivity contribution is 7.22. The average molecular weight is 564 g/mol. The lowest BCUT2D eigenvalue weighted by molar-refractivity contribution is 0.405. The van der Waals surface area contributed by atoms with E-state index in [2.05, 4.69) is 10.2 Å². The van der Waals surface area contributed by atoms with E-state index >= 15 is 0 Å². The van der Waals surface area contributed by atoms with Gasteiger partial charge in [0.1, 0.15) is 16.5 Å². The van der Waals surface area contributed by atoms with Gasteiger partial charge in [-0.15, -0.1) is 21.5 Å². The smallest absolute Gasteiger partial charge is 0.338 e. The van der Waals surface area contributed by atoms with Crippen LogP contribution >= 0.6 is 11.3 Å². The molecule has 0 fully saturated rings. The lowest BCUT2D eigenvalue weighted by Gasteiger charge is -2.15. The second-order valence-corrected chi connectivity index (χ2v) is 10.8. The zero-order valence-corrected chi connectivity index (χ0v) is 23.2. The second-order valence-electron chi connectivity index (χ2n) is 9.80. The zero-order chi connectivity index (χ0) is 28.7. The van der Waals surface area contributed by atoms with Gasteiger partial charge in [-0.2, -0.15) is 0 Å². The van der Waals surface area contributed by atoms with E-state index in [4.69, 9.17) is 5.73 Å². The molecule has 2 N–H and O–H groups in total. The molecule has 0 amide bonds. The van der Waals surface area contributed by atoms with Crippen LogP contribution in [0.5, 0.6) is 0 Å². The molecule has 0 unspecified atom stereocenters. The van der Waals surface area contributed by atoms with Crippen molar-refractivity contribution < 1.29 is 8.78 Å². The first-order chi connectivity index (χ1) is 19.1. The van der Waals surface area contributed by atoms with Crippen molar-refractivity contribution in [2.75, 3.05) is 38.8 Å². The van der Waals surface area contributed by atoms with Crippen LogP contribution < -0.4 is 21.9 Å². The minimum absolute atomic E-state index is 0.00120. The number of rotatable bonds is 7. The monoisotopic (exact) mass is 563 g/mol. The minimum Gasteiger partial charge on any atom is -0.399 e. The van der Waals surface area contributed by atoms with Crippen molar-refractivity contribution in [3.05, 3.63) is 98.2 Å². The van der Waals surface area contributed by atoms with E-state index in [9.17, 15) is 18.4 Å². The van der Waals surface area contributed by atoms with E-state index in [-0.39, 0.29) is 16.8 Å². The van der Waals surface area contributed by atoms with Gasteiger partial charge in [-0.05, 0) is 61.6 Å². The third kappa shape index (κ3) is 4.87. The summed E-state index contributed by atoms with van der Waals surface area (Å²) in [6.45, 7) is -0.0626. The van der Waals surface area contributed by atoms with Gasteiger partial charge >= 0.3 is 5.69 Å². The molecular weight excluding hydrogens is 536 g/mol. The molecule has 0 spiro atoms. The van der Waals surface area contributed by atoms with E-state index < -0.39 is 29.4 Å². The maximum Gasteiger partial charge on any atom is 0.338 e. The Morgan fingerprint density at radius 3 is 2.15 bits per heavy atom. The Kier molecular flexibility index (Phi) is 7.21. The first kappa shape index (κ1) is 27.2. The van der Waals surface area contributed by atoms with Crippen LogP contribution in [-0.2, 0) is 13.1 Å². The van der Waals surface area contributed by atoms with E-state index in [0.29, 0.717) is 28.4 Å². The summed E-state index contributed by atoms with van der Waals surface area (Å²) < 4.78 is 31.7. The SMILES string of the molecule is CN(C)Cc1c(-c2ccc(N)cc2)sc2c1c(=O)n(-c1ccc(N(C)C)nn1)c(=O)n2Cc1c(F)cccc1F. The molecule has 2 aromatic carbocycles. The van der Waals surface area contributed by atoms with E-state index in [1.54, 1.807) is 37.2 Å². The first-order valence-electron chi connectivity index (χ1n) is 12.3. The van der Waals surface area contributed by atoms with Crippen LogP contribution in [0.3, 0.4) is 0 Å². The van der Waals surface area contributed by atoms with E-state index in [1.807, 2.05) is 31.1 Å². The largest absolute Gasteiger partial charge is 0.399 e. The van der Waals surface area contributed by atoms with Gasteiger partial charge in [0.2, 0.25) is 0 Å². The third-order valence-corrected chi connectivity index (χ3v) is 7.73. The summed E-state index contributed by atoms with van der Waals surface area (Å²) in [7, 11) is 7.31. The normalized spacial score (nSPS) is 11.5. The van der Waals surface area contributed by atoms with E-state index in [0.717, 1.165) is 27.1 Å². The van der Waals surface area contributed by atoms with Crippen LogP contribution in [0.1, 0.15) is 11.1 Å². The molecule has 5 rings (SSSR count). The Labute approximate surface area is 232 Å². The van der Waals surface area contributed by atoms with Crippen molar-refractivity contribution in [3.8, 4) is 16.3 Å². The summed E-state index contributed by atoms with van der Waals surface area (Å²) in [5.74, 6) is -1.06. The fraction of sp³-hybridized carbons (Fsp3) is 0.214. The molecule has 3 heterocycles. The van der Waals surface area contributed by atoms with Crippen molar-refractivity contribution in [1.29, 1.82) is 0 Å². The Morgan fingerprint density at radius 1 is 0.900 bits per heavy atom. The topological polar surface area (TPSA) is 102 Å². The maximum absolute atomic E-state index is 14.8. The zero-order valence-electron chi connectivity index (χ0n) is 22.4. The quantitative estimate of drug-likeness (QED) is 0.301. The van der Waals surface area contributed by atoms with Gasteiger partial charge in [-0.1, -0.05) is 18.2 Å². The molecule has 0 bridgehead atoms. The number of thiophene rings is 1. The van der Waals surface area contributed by atoms with Crippen LogP contribution in [0.15, 0.2) is 64.2 Å². The highest BCUT2D eigenvalue weighted by Gasteiger charge is 2.25. The van der Waals surface area contributed by atoms with E-state index in [1.165, 1.54) is 28.0 Å². The Morgan fingerprint density at radius 2 is 1.57 bits per heavy atom. The van der Waals surface area contributed by atoms with Crippen molar-refractivity contribution >= 4 is 33.1 Å². The fourth-order valence-corrected chi connectivity index (χ4v) is 5.76. The van der Waals surface area contributed by atoms with Crippen molar-refractivity contribution in [1.82, 2.24) is 24.2 Å². The summed E-state index contributed by atoms with van der Waals surface area (Å²) >= 11 is 1.22. The summed E-state index contributed by atoms with van der Waals surface area (Å²) in [5.41, 5.74) is 6.29. The second kappa shape index (κ2) is 10.6. The predicted octanol–water partition coefficient (Wildman–Crippen LogP) is 3.71. The van der Waals surface area contributed by atoms with Crippen LogP contribution in [0.2, 0.25) is 0 Å². The molecule has 0 aliphatic rings. The number of benzene rings is 2. The number of nitrogen functional groups attached to an aromatic ring is 1. The van der Waals surface area contributed by atoms with Crippen LogP contribution in [0.25, 0.3) is 26.5 Å². The molecule has 206 valence electrons. The molecule has 40 heavy (non-hydrogen) atoms. The summed E-state index contributed by atoms with van der Waals surface area (Å²) in [6, 6.07) is 13.8. The molecule has 9 nitrogen and oxygen atoms in total. The van der Waals surface area contributed by atoms with Gasteiger partial charge in [0.25, 0.3) is 5.56 Å². The summed E-state index contributed by atoms with van der Waals surface area (Å²) in [4.78, 5) is 32.7. The number of aromatic nitrogens is 4. The number of nitrogens with zero attached hydrogens (tertiary/aromatic N) is 6. The molecule has 3 aromatic heterocycles. The van der Waals surface area contributed by atoms with Crippen molar-refractivity contribution in [2.24, 2.45) is 0 Å². The lowest BCUT2D eigenvalue weighted by Crippen LogP contribution is -2.40. The van der Waals surface area contributed by atoms with Crippen LogP contribution in [0.4, 0.5) is 20.3 Å². The Hall–Kier alpha value is -4.42. The highest BCUT2D eigenvalue weighted by atomic mass is 32.1. The highest BCUT2D eigenvalue weighted by Crippen LogP contribution is 2.38. The van der Waals surface area contributed by atoms with Crippen molar-refractivity contribution in [2.45, 2.75) is 13.1 Å².